The fourth-order valence-electron chi connectivity index (χ4n) is 1.80. The number of ether oxygens (including phenoxy) is 1. The van der Waals surface area contributed by atoms with Crippen LogP contribution in [0.1, 0.15) is 26.7 Å². The molecule has 1 rings (SSSR count). The number of nitrogens with one attached hydrogen (secondary N) is 2. The Morgan fingerprint density at radius 3 is 2.79 bits per heavy atom. The molecule has 14 heavy (non-hydrogen) atoms. The molecule has 82 valence electrons. The van der Waals surface area contributed by atoms with Gasteiger partial charge in [-0.15, -0.1) is 0 Å². The normalized spacial score (nSPS) is 23.2. The van der Waals surface area contributed by atoms with E-state index in [-0.39, 0.29) is 5.97 Å². The van der Waals surface area contributed by atoms with E-state index >= 15 is 0 Å². The molecule has 0 bridgehead atoms. The van der Waals surface area contributed by atoms with Crippen molar-refractivity contribution in [2.24, 2.45) is 0 Å². The monoisotopic (exact) mass is 200 g/mol. The maximum Gasteiger partial charge on any atom is 0.325 e. The van der Waals surface area contributed by atoms with Gasteiger partial charge in [0.25, 0.3) is 0 Å². The van der Waals surface area contributed by atoms with E-state index in [1.165, 1.54) is 7.11 Å². The predicted octanol–water partition coefficient (Wildman–Crippen LogP) is 0.280. The minimum Gasteiger partial charge on any atom is -0.468 e. The molecule has 1 unspecified atom stereocenters. The largest absolute Gasteiger partial charge is 0.468 e. The van der Waals surface area contributed by atoms with Crippen LogP contribution in [-0.4, -0.2) is 37.7 Å². The average Bonchev–Trinajstić information content (AvgIpc) is 2.17. The van der Waals surface area contributed by atoms with E-state index in [1.54, 1.807) is 0 Å². The van der Waals surface area contributed by atoms with Crippen LogP contribution in [0.4, 0.5) is 0 Å². The van der Waals surface area contributed by atoms with Gasteiger partial charge in [0.15, 0.2) is 0 Å². The van der Waals surface area contributed by atoms with Gasteiger partial charge in [-0.2, -0.15) is 0 Å². The zero-order valence-electron chi connectivity index (χ0n) is 9.22. The summed E-state index contributed by atoms with van der Waals surface area (Å²) in [6.45, 7) is 5.72. The second-order valence-corrected chi connectivity index (χ2v) is 4.30. The number of piperidine rings is 1. The zero-order valence-corrected chi connectivity index (χ0v) is 9.22. The summed E-state index contributed by atoms with van der Waals surface area (Å²) in [4.78, 5) is 11.4. The van der Waals surface area contributed by atoms with Gasteiger partial charge in [-0.25, -0.2) is 0 Å². The standard InChI is InChI=1S/C10H20N2O2/c1-10(2,9(13)14-3)12-8-5-4-6-11-7-8/h8,11-12H,4-7H2,1-3H3. The van der Waals surface area contributed by atoms with E-state index in [9.17, 15) is 4.79 Å². The molecule has 1 fully saturated rings. The zero-order chi connectivity index (χ0) is 10.6. The lowest BCUT2D eigenvalue weighted by molar-refractivity contribution is -0.147. The third-order valence-corrected chi connectivity index (χ3v) is 2.56. The van der Waals surface area contributed by atoms with Crippen LogP contribution in [0.5, 0.6) is 0 Å². The summed E-state index contributed by atoms with van der Waals surface area (Å²) >= 11 is 0. The fourth-order valence-corrected chi connectivity index (χ4v) is 1.80. The molecule has 0 saturated carbocycles. The summed E-state index contributed by atoms with van der Waals surface area (Å²) in [5, 5.41) is 6.61. The lowest BCUT2D eigenvalue weighted by Crippen LogP contribution is -2.56. The van der Waals surface area contributed by atoms with Gasteiger partial charge in [0.2, 0.25) is 0 Å². The summed E-state index contributed by atoms with van der Waals surface area (Å²) in [5.41, 5.74) is -0.585. The van der Waals surface area contributed by atoms with E-state index in [0.717, 1.165) is 25.9 Å². The quantitative estimate of drug-likeness (QED) is 0.642. The van der Waals surface area contributed by atoms with Crippen LogP contribution in [0, 0.1) is 0 Å². The molecule has 2 N–H and O–H groups in total. The Balaban J connectivity index is 2.44. The van der Waals surface area contributed by atoms with Crippen LogP contribution >= 0.6 is 0 Å². The molecule has 1 aliphatic rings. The van der Waals surface area contributed by atoms with Gasteiger partial charge in [-0.05, 0) is 33.2 Å². The summed E-state index contributed by atoms with van der Waals surface area (Å²) in [7, 11) is 1.42. The van der Waals surface area contributed by atoms with Gasteiger partial charge in [0.05, 0.1) is 7.11 Å². The Hall–Kier alpha value is -0.610. The highest BCUT2D eigenvalue weighted by molar-refractivity contribution is 5.79. The van der Waals surface area contributed by atoms with Crippen molar-refractivity contribution in [1.29, 1.82) is 0 Å². The predicted molar refractivity (Wildman–Crippen MR) is 55.1 cm³/mol. The van der Waals surface area contributed by atoms with Gasteiger partial charge in [0, 0.05) is 12.6 Å². The topological polar surface area (TPSA) is 50.4 Å². The highest BCUT2D eigenvalue weighted by atomic mass is 16.5. The summed E-state index contributed by atoms with van der Waals surface area (Å²) in [6, 6.07) is 0.373. The molecule has 0 radical (unpaired) electrons. The van der Waals surface area contributed by atoms with Crippen molar-refractivity contribution in [2.75, 3.05) is 20.2 Å². The average molecular weight is 200 g/mol. The van der Waals surface area contributed by atoms with Crippen LogP contribution in [0.25, 0.3) is 0 Å². The van der Waals surface area contributed by atoms with Crippen LogP contribution in [0.15, 0.2) is 0 Å². The van der Waals surface area contributed by atoms with E-state index in [2.05, 4.69) is 10.6 Å². The van der Waals surface area contributed by atoms with Crippen molar-refractivity contribution in [3.8, 4) is 0 Å². The fraction of sp³-hybridized carbons (Fsp3) is 0.900. The molecule has 0 spiro atoms. The van der Waals surface area contributed by atoms with Gasteiger partial charge in [0.1, 0.15) is 5.54 Å². The highest BCUT2D eigenvalue weighted by Crippen LogP contribution is 2.10. The maximum atomic E-state index is 11.4. The van der Waals surface area contributed by atoms with E-state index in [1.807, 2.05) is 13.8 Å². The Labute approximate surface area is 85.4 Å². The van der Waals surface area contributed by atoms with Crippen LogP contribution in [0.3, 0.4) is 0 Å². The number of hydrogen-bond donors (Lipinski definition) is 2. The van der Waals surface area contributed by atoms with Crippen LogP contribution in [0.2, 0.25) is 0 Å². The van der Waals surface area contributed by atoms with Gasteiger partial charge in [-0.3, -0.25) is 10.1 Å². The number of carbonyl (C=O) groups is 1. The summed E-state index contributed by atoms with van der Waals surface area (Å²) in [5.74, 6) is -0.205. The summed E-state index contributed by atoms with van der Waals surface area (Å²) < 4.78 is 4.73. The number of methoxy groups -OCH3 is 1. The molecule has 0 aromatic rings. The van der Waals surface area contributed by atoms with Crippen LogP contribution in [-0.2, 0) is 9.53 Å². The molecule has 0 amide bonds. The third kappa shape index (κ3) is 2.96. The molecule has 1 aliphatic heterocycles. The Morgan fingerprint density at radius 2 is 2.29 bits per heavy atom. The number of carbonyl (C=O) groups excluding carboxylic acids is 1. The van der Waals surface area contributed by atoms with Crippen molar-refractivity contribution >= 4 is 5.97 Å². The Bertz CT molecular complexity index is 198. The molecule has 1 atom stereocenters. The van der Waals surface area contributed by atoms with Crippen LogP contribution < -0.4 is 10.6 Å². The summed E-state index contributed by atoms with van der Waals surface area (Å²) in [6.07, 6.45) is 2.28. The second-order valence-electron chi connectivity index (χ2n) is 4.30. The third-order valence-electron chi connectivity index (χ3n) is 2.56. The van der Waals surface area contributed by atoms with Crippen molar-refractivity contribution in [3.05, 3.63) is 0 Å². The Kier molecular flexibility index (Phi) is 3.89. The number of rotatable bonds is 3. The van der Waals surface area contributed by atoms with Crippen molar-refractivity contribution in [2.45, 2.75) is 38.3 Å². The van der Waals surface area contributed by atoms with Gasteiger partial charge >= 0.3 is 5.97 Å². The lowest BCUT2D eigenvalue weighted by Gasteiger charge is -2.32. The molecule has 0 aromatic carbocycles. The van der Waals surface area contributed by atoms with Crippen molar-refractivity contribution in [1.82, 2.24) is 10.6 Å². The Morgan fingerprint density at radius 1 is 1.57 bits per heavy atom. The van der Waals surface area contributed by atoms with E-state index < -0.39 is 5.54 Å². The van der Waals surface area contributed by atoms with Gasteiger partial charge in [-0.1, -0.05) is 0 Å². The minimum absolute atomic E-state index is 0.205. The van der Waals surface area contributed by atoms with E-state index in [0.29, 0.717) is 6.04 Å². The smallest absolute Gasteiger partial charge is 0.325 e. The van der Waals surface area contributed by atoms with E-state index in [4.69, 9.17) is 4.74 Å². The number of hydrogen-bond acceptors (Lipinski definition) is 4. The first-order chi connectivity index (χ1) is 6.56. The lowest BCUT2D eigenvalue weighted by atomic mass is 10.0. The van der Waals surface area contributed by atoms with Crippen molar-refractivity contribution < 1.29 is 9.53 Å². The molecule has 4 heteroatoms. The first-order valence-electron chi connectivity index (χ1n) is 5.13. The molecular weight excluding hydrogens is 180 g/mol. The van der Waals surface area contributed by atoms with Crippen molar-refractivity contribution in [3.63, 3.8) is 0 Å². The SMILES string of the molecule is COC(=O)C(C)(C)NC1CCCNC1. The molecule has 0 aromatic heterocycles. The molecule has 1 heterocycles. The molecule has 1 saturated heterocycles. The minimum atomic E-state index is -0.585. The second kappa shape index (κ2) is 4.75. The molecule has 0 aliphatic carbocycles. The maximum absolute atomic E-state index is 11.4. The molecule has 4 nitrogen and oxygen atoms in total. The molecular formula is C10H20N2O2. The first-order valence-corrected chi connectivity index (χ1v) is 5.13. The van der Waals surface area contributed by atoms with Gasteiger partial charge < -0.3 is 10.1 Å². The highest BCUT2D eigenvalue weighted by Gasteiger charge is 2.31. The first kappa shape index (κ1) is 11.5. The number of esters is 1.